The lowest BCUT2D eigenvalue weighted by Crippen LogP contribution is -2.39. The second-order valence-corrected chi connectivity index (χ2v) is 6.89. The van der Waals surface area contributed by atoms with Crippen molar-refractivity contribution in [1.82, 2.24) is 15.6 Å². The number of nitrogens with zero attached hydrogens (tertiary/aromatic N) is 2. The van der Waals surface area contributed by atoms with Gasteiger partial charge in [-0.05, 0) is 36.1 Å². The molecule has 0 saturated carbocycles. The molecule has 1 aromatic carbocycles. The third kappa shape index (κ3) is 5.15. The number of benzene rings is 1. The number of thiophene rings is 1. The molecule has 3 N–H and O–H groups in total. The number of hydrogen-bond acceptors (Lipinski definition) is 4. The lowest BCUT2D eigenvalue weighted by Gasteiger charge is -2.15. The Morgan fingerprint density at radius 3 is 2.77 bits per heavy atom. The fourth-order valence-electron chi connectivity index (χ4n) is 2.55. The van der Waals surface area contributed by atoms with Crippen LogP contribution in [0.25, 0.3) is 10.1 Å². The van der Waals surface area contributed by atoms with Crippen LogP contribution in [0.15, 0.2) is 53.7 Å². The molecule has 0 saturated heterocycles. The standard InChI is InChI=1S/C19H22N4OS.HI/c1-13-6-5-9-21-15(13)11-22-19(20-2)23-12-16(24)18-10-14-7-3-4-8-17(14)25-18;/h3-10,16,24H,11-12H2,1-2H3,(H2,20,22,23);1H. The van der Waals surface area contributed by atoms with Crippen LogP contribution in [-0.4, -0.2) is 29.6 Å². The molecule has 0 aliphatic rings. The Labute approximate surface area is 174 Å². The molecule has 0 radical (unpaired) electrons. The molecule has 138 valence electrons. The topological polar surface area (TPSA) is 69.5 Å². The predicted octanol–water partition coefficient (Wildman–Crippen LogP) is 3.62. The van der Waals surface area contributed by atoms with Gasteiger partial charge in [0.15, 0.2) is 5.96 Å². The van der Waals surface area contributed by atoms with Crippen molar-refractivity contribution in [3.8, 4) is 0 Å². The van der Waals surface area contributed by atoms with Crippen LogP contribution in [0.5, 0.6) is 0 Å². The van der Waals surface area contributed by atoms with Gasteiger partial charge < -0.3 is 15.7 Å². The van der Waals surface area contributed by atoms with Gasteiger partial charge in [0.05, 0.1) is 12.2 Å². The van der Waals surface area contributed by atoms with Crippen LogP contribution < -0.4 is 10.6 Å². The summed E-state index contributed by atoms with van der Waals surface area (Å²) in [5.41, 5.74) is 2.12. The number of hydrogen-bond donors (Lipinski definition) is 3. The highest BCUT2D eigenvalue weighted by Gasteiger charge is 2.12. The summed E-state index contributed by atoms with van der Waals surface area (Å²) in [4.78, 5) is 9.51. The summed E-state index contributed by atoms with van der Waals surface area (Å²) in [7, 11) is 1.71. The molecular formula is C19H23IN4OS. The SMILES string of the molecule is CN=C(NCc1ncccc1C)NCC(O)c1cc2ccccc2s1.I. The first-order valence-electron chi connectivity index (χ1n) is 8.19. The Balaban J connectivity index is 0.00000243. The smallest absolute Gasteiger partial charge is 0.191 e. The van der Waals surface area contributed by atoms with E-state index in [2.05, 4.69) is 32.7 Å². The summed E-state index contributed by atoms with van der Waals surface area (Å²) in [5, 5.41) is 18.0. The second kappa shape index (κ2) is 9.84. The lowest BCUT2D eigenvalue weighted by atomic mass is 10.2. The number of aliphatic imine (C=N–C) groups is 1. The number of aromatic nitrogens is 1. The number of rotatable bonds is 5. The molecule has 2 heterocycles. The molecule has 2 aromatic heterocycles. The number of aliphatic hydroxyl groups is 1. The predicted molar refractivity (Wildman–Crippen MR) is 119 cm³/mol. The minimum Gasteiger partial charge on any atom is -0.386 e. The van der Waals surface area contributed by atoms with Gasteiger partial charge in [-0.15, -0.1) is 35.3 Å². The molecule has 26 heavy (non-hydrogen) atoms. The first-order chi connectivity index (χ1) is 12.2. The number of halogens is 1. The van der Waals surface area contributed by atoms with Gasteiger partial charge in [0, 0.05) is 29.4 Å². The largest absolute Gasteiger partial charge is 0.386 e. The van der Waals surface area contributed by atoms with E-state index in [4.69, 9.17) is 0 Å². The Morgan fingerprint density at radius 2 is 2.04 bits per heavy atom. The summed E-state index contributed by atoms with van der Waals surface area (Å²) < 4.78 is 1.18. The molecule has 3 aromatic rings. The Hall–Kier alpha value is -1.71. The van der Waals surface area contributed by atoms with Crippen molar-refractivity contribution in [1.29, 1.82) is 0 Å². The van der Waals surface area contributed by atoms with Crippen LogP contribution in [0.4, 0.5) is 0 Å². The molecule has 5 nitrogen and oxygen atoms in total. The third-order valence-electron chi connectivity index (χ3n) is 4.00. The van der Waals surface area contributed by atoms with Gasteiger partial charge in [-0.3, -0.25) is 9.98 Å². The number of fused-ring (bicyclic) bond motifs is 1. The fraction of sp³-hybridized carbons (Fsp3) is 0.263. The average Bonchev–Trinajstić information content (AvgIpc) is 3.07. The van der Waals surface area contributed by atoms with Gasteiger partial charge in [-0.1, -0.05) is 24.3 Å². The Morgan fingerprint density at radius 1 is 1.23 bits per heavy atom. The Bertz CT molecular complexity index is 848. The maximum absolute atomic E-state index is 10.4. The summed E-state index contributed by atoms with van der Waals surface area (Å²) in [6.45, 7) is 3.02. The maximum atomic E-state index is 10.4. The summed E-state index contributed by atoms with van der Waals surface area (Å²) in [6, 6.07) is 14.1. The van der Waals surface area contributed by atoms with Gasteiger partial charge in [-0.2, -0.15) is 0 Å². The monoisotopic (exact) mass is 482 g/mol. The van der Waals surface area contributed by atoms with E-state index in [1.54, 1.807) is 24.6 Å². The van der Waals surface area contributed by atoms with Crippen LogP contribution >= 0.6 is 35.3 Å². The van der Waals surface area contributed by atoms with Crippen LogP contribution in [0.2, 0.25) is 0 Å². The third-order valence-corrected chi connectivity index (χ3v) is 5.22. The molecule has 1 unspecified atom stereocenters. The maximum Gasteiger partial charge on any atom is 0.191 e. The van der Waals surface area contributed by atoms with Crippen molar-refractivity contribution in [3.05, 3.63) is 64.8 Å². The molecule has 0 spiro atoms. The molecule has 0 bridgehead atoms. The normalized spacial score (nSPS) is 12.5. The van der Waals surface area contributed by atoms with E-state index < -0.39 is 6.10 Å². The van der Waals surface area contributed by atoms with E-state index in [1.165, 1.54) is 4.70 Å². The van der Waals surface area contributed by atoms with Gasteiger partial charge in [0.1, 0.15) is 6.10 Å². The number of aliphatic hydroxyl groups excluding tert-OH is 1. The molecule has 0 aliphatic heterocycles. The number of aryl methyl sites for hydroxylation is 1. The zero-order valence-corrected chi connectivity index (χ0v) is 17.9. The fourth-order valence-corrected chi connectivity index (χ4v) is 3.60. The summed E-state index contributed by atoms with van der Waals surface area (Å²) >= 11 is 1.62. The highest BCUT2D eigenvalue weighted by molar-refractivity contribution is 14.0. The zero-order chi connectivity index (χ0) is 17.6. The first kappa shape index (κ1) is 20.6. The molecule has 0 fully saturated rings. The van der Waals surface area contributed by atoms with Crippen molar-refractivity contribution in [2.45, 2.75) is 19.6 Å². The second-order valence-electron chi connectivity index (χ2n) is 5.78. The average molecular weight is 482 g/mol. The van der Waals surface area contributed by atoms with E-state index in [9.17, 15) is 5.11 Å². The van der Waals surface area contributed by atoms with E-state index in [-0.39, 0.29) is 24.0 Å². The molecule has 0 aliphatic carbocycles. The Kier molecular flexibility index (Phi) is 7.80. The van der Waals surface area contributed by atoms with E-state index in [0.29, 0.717) is 19.0 Å². The van der Waals surface area contributed by atoms with Crippen LogP contribution in [0.3, 0.4) is 0 Å². The van der Waals surface area contributed by atoms with E-state index in [1.807, 2.05) is 37.3 Å². The van der Waals surface area contributed by atoms with Crippen LogP contribution in [-0.2, 0) is 6.54 Å². The van der Waals surface area contributed by atoms with Crippen molar-refractivity contribution >= 4 is 51.4 Å². The van der Waals surface area contributed by atoms with Crippen LogP contribution in [0.1, 0.15) is 22.2 Å². The molecular weight excluding hydrogens is 459 g/mol. The zero-order valence-electron chi connectivity index (χ0n) is 14.8. The minimum atomic E-state index is -0.576. The number of guanidine groups is 1. The van der Waals surface area contributed by atoms with Crippen molar-refractivity contribution < 1.29 is 5.11 Å². The molecule has 3 rings (SSSR count). The van der Waals surface area contributed by atoms with Gasteiger partial charge >= 0.3 is 0 Å². The summed E-state index contributed by atoms with van der Waals surface area (Å²) in [5.74, 6) is 0.644. The quantitative estimate of drug-likeness (QED) is 0.295. The van der Waals surface area contributed by atoms with Crippen molar-refractivity contribution in [3.63, 3.8) is 0 Å². The highest BCUT2D eigenvalue weighted by Crippen LogP contribution is 2.29. The van der Waals surface area contributed by atoms with Crippen molar-refractivity contribution in [2.24, 2.45) is 4.99 Å². The first-order valence-corrected chi connectivity index (χ1v) is 9.00. The van der Waals surface area contributed by atoms with E-state index in [0.717, 1.165) is 21.5 Å². The minimum absolute atomic E-state index is 0. The molecule has 7 heteroatoms. The van der Waals surface area contributed by atoms with Gasteiger partial charge in [0.2, 0.25) is 0 Å². The van der Waals surface area contributed by atoms with Gasteiger partial charge in [-0.25, -0.2) is 0 Å². The van der Waals surface area contributed by atoms with Crippen molar-refractivity contribution in [2.75, 3.05) is 13.6 Å². The van der Waals surface area contributed by atoms with Gasteiger partial charge in [0.25, 0.3) is 0 Å². The summed E-state index contributed by atoms with van der Waals surface area (Å²) in [6.07, 6.45) is 1.21. The number of nitrogens with one attached hydrogen (secondary N) is 2. The van der Waals surface area contributed by atoms with Crippen LogP contribution in [0, 0.1) is 6.92 Å². The molecule has 1 atom stereocenters. The molecule has 0 amide bonds. The van der Waals surface area contributed by atoms with E-state index >= 15 is 0 Å². The number of pyridine rings is 1. The lowest BCUT2D eigenvalue weighted by molar-refractivity contribution is 0.184. The highest BCUT2D eigenvalue weighted by atomic mass is 127.